The molecule has 1 saturated heterocycles. The number of rotatable bonds is 3. The molecule has 0 atom stereocenters. The Labute approximate surface area is 175 Å². The molecule has 0 spiro atoms. The zero-order valence-corrected chi connectivity index (χ0v) is 18.3. The van der Waals surface area contributed by atoms with Crippen molar-refractivity contribution in [2.24, 2.45) is 5.41 Å². The Morgan fingerprint density at radius 3 is 2.25 bits per heavy atom. The lowest BCUT2D eigenvalue weighted by molar-refractivity contribution is -0.123. The van der Waals surface area contributed by atoms with E-state index < -0.39 is 5.41 Å². The number of hydrogen-bond donors (Lipinski definition) is 1. The van der Waals surface area contributed by atoms with Crippen molar-refractivity contribution >= 4 is 45.4 Å². The van der Waals surface area contributed by atoms with Gasteiger partial charge in [-0.15, -0.1) is 11.3 Å². The highest BCUT2D eigenvalue weighted by Gasteiger charge is 2.26. The number of amides is 2. The molecule has 150 valence electrons. The first-order valence-corrected chi connectivity index (χ1v) is 10.6. The van der Waals surface area contributed by atoms with Crippen LogP contribution in [0.3, 0.4) is 0 Å². The van der Waals surface area contributed by atoms with E-state index in [2.05, 4.69) is 10.2 Å². The molecule has 0 bridgehead atoms. The topological polar surface area (TPSA) is 52.7 Å². The van der Waals surface area contributed by atoms with E-state index in [-0.39, 0.29) is 11.8 Å². The summed E-state index contributed by atoms with van der Waals surface area (Å²) in [6, 6.07) is 9.67. The standard InChI is InChI=1S/C21H26ClN3O2S/c1-14-13-17(23-20(27)21(2,3)4)28-18(14)19(26)25-11-9-24(10-12-25)16-7-5-15(22)6-8-16/h5-8,13H,9-12H2,1-4H3,(H,23,27). The summed E-state index contributed by atoms with van der Waals surface area (Å²) in [6.07, 6.45) is 0. The monoisotopic (exact) mass is 419 g/mol. The van der Waals surface area contributed by atoms with E-state index in [1.807, 2.05) is 62.9 Å². The Bertz CT molecular complexity index is 863. The van der Waals surface area contributed by atoms with Gasteiger partial charge in [0, 0.05) is 42.3 Å². The van der Waals surface area contributed by atoms with Crippen LogP contribution < -0.4 is 10.2 Å². The van der Waals surface area contributed by atoms with Crippen molar-refractivity contribution < 1.29 is 9.59 Å². The fourth-order valence-corrected chi connectivity index (χ4v) is 4.18. The van der Waals surface area contributed by atoms with Crippen LogP contribution in [0.2, 0.25) is 5.02 Å². The zero-order valence-electron chi connectivity index (χ0n) is 16.7. The van der Waals surface area contributed by atoms with Gasteiger partial charge in [-0.3, -0.25) is 9.59 Å². The third-order valence-corrected chi connectivity index (χ3v) is 6.18. The van der Waals surface area contributed by atoms with Crippen molar-refractivity contribution in [1.29, 1.82) is 0 Å². The maximum atomic E-state index is 13.0. The number of aryl methyl sites for hydroxylation is 1. The van der Waals surface area contributed by atoms with Crippen LogP contribution in [0.5, 0.6) is 0 Å². The van der Waals surface area contributed by atoms with Crippen molar-refractivity contribution in [2.75, 3.05) is 36.4 Å². The van der Waals surface area contributed by atoms with Gasteiger partial charge in [0.15, 0.2) is 0 Å². The molecule has 1 N–H and O–H groups in total. The molecule has 1 aliphatic heterocycles. The Kier molecular flexibility index (Phi) is 6.01. The maximum absolute atomic E-state index is 13.0. The van der Waals surface area contributed by atoms with Gasteiger partial charge in [0.25, 0.3) is 5.91 Å². The highest BCUT2D eigenvalue weighted by Crippen LogP contribution is 2.30. The lowest BCUT2D eigenvalue weighted by Crippen LogP contribution is -2.48. The number of carbonyl (C=O) groups excluding carboxylic acids is 2. The SMILES string of the molecule is Cc1cc(NC(=O)C(C)(C)C)sc1C(=O)N1CCN(c2ccc(Cl)cc2)CC1. The minimum Gasteiger partial charge on any atom is -0.368 e. The van der Waals surface area contributed by atoms with E-state index in [1.54, 1.807) is 0 Å². The average Bonchev–Trinajstić information content (AvgIpc) is 3.01. The van der Waals surface area contributed by atoms with Gasteiger partial charge in [0.05, 0.1) is 9.88 Å². The summed E-state index contributed by atoms with van der Waals surface area (Å²) in [5.74, 6) is -0.0150. The van der Waals surface area contributed by atoms with Crippen molar-refractivity contribution in [3.8, 4) is 0 Å². The molecule has 1 aromatic heterocycles. The van der Waals surface area contributed by atoms with Crippen molar-refractivity contribution in [2.45, 2.75) is 27.7 Å². The van der Waals surface area contributed by atoms with Crippen molar-refractivity contribution in [3.63, 3.8) is 0 Å². The quantitative estimate of drug-likeness (QED) is 0.787. The number of nitrogens with one attached hydrogen (secondary N) is 1. The van der Waals surface area contributed by atoms with Crippen LogP contribution in [0.1, 0.15) is 36.0 Å². The van der Waals surface area contributed by atoms with Gasteiger partial charge in [-0.1, -0.05) is 32.4 Å². The summed E-state index contributed by atoms with van der Waals surface area (Å²) >= 11 is 7.31. The van der Waals surface area contributed by atoms with Gasteiger partial charge >= 0.3 is 0 Å². The highest BCUT2D eigenvalue weighted by molar-refractivity contribution is 7.18. The molecule has 0 aliphatic carbocycles. The number of halogens is 1. The minimum absolute atomic E-state index is 0.0366. The fraction of sp³-hybridized carbons (Fsp3) is 0.429. The van der Waals surface area contributed by atoms with Crippen LogP contribution in [0.25, 0.3) is 0 Å². The molecule has 0 radical (unpaired) electrons. The van der Waals surface area contributed by atoms with Crippen LogP contribution >= 0.6 is 22.9 Å². The predicted octanol–water partition coefficient (Wildman–Crippen LogP) is 4.66. The molecular formula is C21H26ClN3O2S. The predicted molar refractivity (Wildman–Crippen MR) is 117 cm³/mol. The molecule has 1 aromatic carbocycles. The summed E-state index contributed by atoms with van der Waals surface area (Å²) in [4.78, 5) is 30.0. The fourth-order valence-electron chi connectivity index (χ4n) is 3.02. The Morgan fingerprint density at radius 2 is 1.68 bits per heavy atom. The third-order valence-electron chi connectivity index (χ3n) is 4.79. The lowest BCUT2D eigenvalue weighted by Gasteiger charge is -2.36. The Morgan fingerprint density at radius 1 is 1.07 bits per heavy atom. The zero-order chi connectivity index (χ0) is 20.5. The summed E-state index contributed by atoms with van der Waals surface area (Å²) in [5.41, 5.74) is 1.55. The number of hydrogen-bond acceptors (Lipinski definition) is 4. The number of piperazine rings is 1. The van der Waals surface area contributed by atoms with Gasteiger partial charge in [0.1, 0.15) is 0 Å². The molecule has 0 saturated carbocycles. The second kappa shape index (κ2) is 8.13. The van der Waals surface area contributed by atoms with Gasteiger partial charge in [-0.2, -0.15) is 0 Å². The molecule has 3 rings (SSSR count). The highest BCUT2D eigenvalue weighted by atomic mass is 35.5. The summed E-state index contributed by atoms with van der Waals surface area (Å²) in [5, 5.41) is 4.37. The van der Waals surface area contributed by atoms with Crippen LogP contribution in [-0.2, 0) is 4.79 Å². The van der Waals surface area contributed by atoms with E-state index >= 15 is 0 Å². The molecule has 2 amide bonds. The Hall–Kier alpha value is -2.05. The first-order chi connectivity index (χ1) is 13.1. The van der Waals surface area contributed by atoms with Gasteiger partial charge < -0.3 is 15.1 Å². The van der Waals surface area contributed by atoms with Crippen LogP contribution in [0.15, 0.2) is 30.3 Å². The molecule has 1 aliphatic rings. The van der Waals surface area contributed by atoms with E-state index in [0.29, 0.717) is 18.0 Å². The second-order valence-electron chi connectivity index (χ2n) is 8.08. The molecule has 1 fully saturated rings. The average molecular weight is 420 g/mol. The summed E-state index contributed by atoms with van der Waals surface area (Å²) < 4.78 is 0. The number of carbonyl (C=O) groups is 2. The summed E-state index contributed by atoms with van der Waals surface area (Å²) in [6.45, 7) is 10.4. The van der Waals surface area contributed by atoms with Gasteiger partial charge in [0.2, 0.25) is 5.91 Å². The van der Waals surface area contributed by atoms with E-state index in [0.717, 1.165) is 34.4 Å². The van der Waals surface area contributed by atoms with Crippen LogP contribution in [0, 0.1) is 12.3 Å². The van der Waals surface area contributed by atoms with Crippen molar-refractivity contribution in [3.05, 3.63) is 45.8 Å². The largest absolute Gasteiger partial charge is 0.368 e. The number of thiophene rings is 1. The molecule has 5 nitrogen and oxygen atoms in total. The number of nitrogens with zero attached hydrogens (tertiary/aromatic N) is 2. The smallest absolute Gasteiger partial charge is 0.264 e. The first-order valence-electron chi connectivity index (χ1n) is 9.37. The molecule has 28 heavy (non-hydrogen) atoms. The summed E-state index contributed by atoms with van der Waals surface area (Å²) in [7, 11) is 0. The van der Waals surface area contributed by atoms with Crippen LogP contribution in [-0.4, -0.2) is 42.9 Å². The molecule has 2 heterocycles. The van der Waals surface area contributed by atoms with Crippen LogP contribution in [0.4, 0.5) is 10.7 Å². The van der Waals surface area contributed by atoms with E-state index in [9.17, 15) is 9.59 Å². The van der Waals surface area contributed by atoms with Gasteiger partial charge in [-0.05, 0) is 42.8 Å². The Balaban J connectivity index is 1.63. The second-order valence-corrected chi connectivity index (χ2v) is 9.57. The molecule has 7 heteroatoms. The number of benzene rings is 1. The minimum atomic E-state index is -0.472. The maximum Gasteiger partial charge on any atom is 0.264 e. The molecule has 2 aromatic rings. The van der Waals surface area contributed by atoms with E-state index in [1.165, 1.54) is 11.3 Å². The lowest BCUT2D eigenvalue weighted by atomic mass is 9.96. The first kappa shape index (κ1) is 20.7. The molecule has 0 unspecified atom stereocenters. The van der Waals surface area contributed by atoms with E-state index in [4.69, 9.17) is 11.6 Å². The normalized spacial score (nSPS) is 14.9. The third kappa shape index (κ3) is 4.67. The van der Waals surface area contributed by atoms with Gasteiger partial charge in [-0.25, -0.2) is 0 Å². The number of anilines is 2. The molecular weight excluding hydrogens is 394 g/mol. The van der Waals surface area contributed by atoms with Crippen molar-refractivity contribution in [1.82, 2.24) is 4.90 Å².